The highest BCUT2D eigenvalue weighted by atomic mass is 16.6. The van der Waals surface area contributed by atoms with E-state index in [9.17, 15) is 4.79 Å². The lowest BCUT2D eigenvalue weighted by Gasteiger charge is -2.27. The van der Waals surface area contributed by atoms with Crippen LogP contribution in [0.25, 0.3) is 0 Å². The molecule has 0 aromatic heterocycles. The molecule has 142 valence electrons. The minimum atomic E-state index is -0.639. The number of fused-ring (bicyclic) bond motifs is 1. The molecule has 2 aromatic rings. The summed E-state index contributed by atoms with van der Waals surface area (Å²) in [6, 6.07) is 12.4. The normalized spacial score (nSPS) is 13.6. The van der Waals surface area contributed by atoms with Gasteiger partial charge in [-0.15, -0.1) is 0 Å². The van der Waals surface area contributed by atoms with Crippen LogP contribution in [0.15, 0.2) is 55.1 Å². The lowest BCUT2D eigenvalue weighted by atomic mass is 10.1. The monoisotopic (exact) mass is 368 g/mol. The van der Waals surface area contributed by atoms with E-state index in [0.29, 0.717) is 49.3 Å². The molecular weight excluding hydrogens is 344 g/mol. The number of nitrogens with two attached hydrogens (primary N) is 1. The van der Waals surface area contributed by atoms with Crippen LogP contribution in [0.1, 0.15) is 12.5 Å². The zero-order valence-corrected chi connectivity index (χ0v) is 15.4. The summed E-state index contributed by atoms with van der Waals surface area (Å²) < 4.78 is 16.9. The molecule has 1 aliphatic rings. The van der Waals surface area contributed by atoms with Crippen LogP contribution < -0.4 is 24.8 Å². The van der Waals surface area contributed by atoms with Gasteiger partial charge in [-0.3, -0.25) is 4.79 Å². The van der Waals surface area contributed by atoms with Crippen molar-refractivity contribution in [3.05, 3.63) is 60.7 Å². The number of hydrogen-bond acceptors (Lipinski definition) is 5. The van der Waals surface area contributed by atoms with Gasteiger partial charge in [-0.2, -0.15) is 0 Å². The summed E-state index contributed by atoms with van der Waals surface area (Å²) in [5.41, 5.74) is 7.46. The van der Waals surface area contributed by atoms with Crippen LogP contribution in [-0.2, 0) is 11.3 Å². The van der Waals surface area contributed by atoms with E-state index in [2.05, 4.69) is 6.58 Å². The Morgan fingerprint density at radius 1 is 1.26 bits per heavy atom. The van der Waals surface area contributed by atoms with Crippen LogP contribution in [0.3, 0.4) is 0 Å². The average molecular weight is 368 g/mol. The lowest BCUT2D eigenvalue weighted by Crippen LogP contribution is -2.42. The van der Waals surface area contributed by atoms with Crippen molar-refractivity contribution in [1.29, 1.82) is 0 Å². The van der Waals surface area contributed by atoms with Crippen molar-refractivity contribution in [1.82, 2.24) is 0 Å². The Bertz CT molecular complexity index is 820. The van der Waals surface area contributed by atoms with E-state index in [1.165, 1.54) is 0 Å². The molecule has 1 aliphatic heterocycles. The Labute approximate surface area is 159 Å². The third kappa shape index (κ3) is 4.41. The van der Waals surface area contributed by atoms with Crippen molar-refractivity contribution in [2.45, 2.75) is 19.5 Å². The predicted octanol–water partition coefficient (Wildman–Crippen LogP) is 2.90. The number of carbonyl (C=O) groups excluding carboxylic acids is 1. The van der Waals surface area contributed by atoms with Crippen molar-refractivity contribution in [2.24, 2.45) is 5.73 Å². The molecule has 1 heterocycles. The highest BCUT2D eigenvalue weighted by Gasteiger charge is 2.23. The summed E-state index contributed by atoms with van der Waals surface area (Å²) in [6.45, 7) is 7.07. The number of hydrogen-bond donors (Lipinski definition) is 1. The number of anilines is 1. The molecule has 0 saturated carbocycles. The first-order valence-corrected chi connectivity index (χ1v) is 8.88. The third-order valence-electron chi connectivity index (χ3n) is 4.15. The fourth-order valence-corrected chi connectivity index (χ4v) is 2.84. The SMILES string of the molecule is C=CCOc1ccccc1CN(C(=O)[C@H](C)N)c1ccc2c(c1)OCCO2. The number of ether oxygens (including phenoxy) is 3. The van der Waals surface area contributed by atoms with Gasteiger partial charge < -0.3 is 24.8 Å². The predicted molar refractivity (Wildman–Crippen MR) is 104 cm³/mol. The number of carbonyl (C=O) groups is 1. The van der Waals surface area contributed by atoms with Gasteiger partial charge >= 0.3 is 0 Å². The van der Waals surface area contributed by atoms with Crippen molar-refractivity contribution in [2.75, 3.05) is 24.7 Å². The van der Waals surface area contributed by atoms with Crippen LogP contribution in [-0.4, -0.2) is 31.8 Å². The van der Waals surface area contributed by atoms with Crippen LogP contribution in [0, 0.1) is 0 Å². The molecule has 1 amide bonds. The Kier molecular flexibility index (Phi) is 5.98. The zero-order chi connectivity index (χ0) is 19.2. The molecule has 1 atom stereocenters. The van der Waals surface area contributed by atoms with E-state index < -0.39 is 6.04 Å². The van der Waals surface area contributed by atoms with Gasteiger partial charge in [0.1, 0.15) is 25.6 Å². The Balaban J connectivity index is 1.93. The van der Waals surface area contributed by atoms with E-state index >= 15 is 0 Å². The summed E-state index contributed by atoms with van der Waals surface area (Å²) in [7, 11) is 0. The topological polar surface area (TPSA) is 74.0 Å². The van der Waals surface area contributed by atoms with Gasteiger partial charge in [0.25, 0.3) is 0 Å². The first-order chi connectivity index (χ1) is 13.1. The molecule has 0 saturated heterocycles. The first-order valence-electron chi connectivity index (χ1n) is 8.88. The quantitative estimate of drug-likeness (QED) is 0.761. The van der Waals surface area contributed by atoms with Crippen LogP contribution in [0.5, 0.6) is 17.2 Å². The third-order valence-corrected chi connectivity index (χ3v) is 4.15. The van der Waals surface area contributed by atoms with Gasteiger partial charge in [-0.05, 0) is 25.1 Å². The number of nitrogens with zero attached hydrogens (tertiary/aromatic N) is 1. The fourth-order valence-electron chi connectivity index (χ4n) is 2.84. The smallest absolute Gasteiger partial charge is 0.243 e. The summed E-state index contributed by atoms with van der Waals surface area (Å²) in [6.07, 6.45) is 1.68. The van der Waals surface area contributed by atoms with Crippen molar-refractivity contribution in [3.63, 3.8) is 0 Å². The molecule has 0 spiro atoms. The molecule has 27 heavy (non-hydrogen) atoms. The number of amides is 1. The van der Waals surface area contributed by atoms with E-state index in [1.54, 1.807) is 17.9 Å². The molecular formula is C21H24N2O4. The zero-order valence-electron chi connectivity index (χ0n) is 15.4. The van der Waals surface area contributed by atoms with Crippen molar-refractivity contribution >= 4 is 11.6 Å². The van der Waals surface area contributed by atoms with E-state index in [1.807, 2.05) is 42.5 Å². The maximum absolute atomic E-state index is 12.8. The van der Waals surface area contributed by atoms with Gasteiger partial charge in [0, 0.05) is 17.3 Å². The van der Waals surface area contributed by atoms with Crippen LogP contribution in [0.2, 0.25) is 0 Å². The Morgan fingerprint density at radius 3 is 2.74 bits per heavy atom. The molecule has 6 heteroatoms. The van der Waals surface area contributed by atoms with Gasteiger partial charge in [-0.1, -0.05) is 30.9 Å². The highest BCUT2D eigenvalue weighted by Crippen LogP contribution is 2.35. The molecule has 6 nitrogen and oxygen atoms in total. The highest BCUT2D eigenvalue weighted by molar-refractivity contribution is 5.97. The molecule has 2 N–H and O–H groups in total. The minimum Gasteiger partial charge on any atom is -0.489 e. The van der Waals surface area contributed by atoms with E-state index in [0.717, 1.165) is 5.56 Å². The van der Waals surface area contributed by atoms with Gasteiger partial charge in [0.2, 0.25) is 5.91 Å². The molecule has 0 unspecified atom stereocenters. The maximum Gasteiger partial charge on any atom is 0.243 e. The number of para-hydroxylation sites is 1. The molecule has 0 fully saturated rings. The molecule has 0 aliphatic carbocycles. The van der Waals surface area contributed by atoms with Gasteiger partial charge in [-0.25, -0.2) is 0 Å². The second-order valence-corrected chi connectivity index (χ2v) is 6.25. The second kappa shape index (κ2) is 8.60. The van der Waals surface area contributed by atoms with Crippen molar-refractivity contribution in [3.8, 4) is 17.2 Å². The minimum absolute atomic E-state index is 0.190. The van der Waals surface area contributed by atoms with E-state index in [4.69, 9.17) is 19.9 Å². The average Bonchev–Trinajstić information content (AvgIpc) is 2.70. The molecule has 2 aromatic carbocycles. The van der Waals surface area contributed by atoms with Crippen LogP contribution in [0.4, 0.5) is 5.69 Å². The second-order valence-electron chi connectivity index (χ2n) is 6.25. The fraction of sp³-hybridized carbons (Fsp3) is 0.286. The largest absolute Gasteiger partial charge is 0.489 e. The first kappa shape index (κ1) is 18.8. The number of benzene rings is 2. The Hall–Kier alpha value is -2.99. The maximum atomic E-state index is 12.8. The molecule has 0 radical (unpaired) electrons. The van der Waals surface area contributed by atoms with Gasteiger partial charge in [0.05, 0.1) is 12.6 Å². The van der Waals surface area contributed by atoms with Crippen molar-refractivity contribution < 1.29 is 19.0 Å². The van der Waals surface area contributed by atoms with E-state index in [-0.39, 0.29) is 5.91 Å². The Morgan fingerprint density at radius 2 is 2.00 bits per heavy atom. The molecule has 0 bridgehead atoms. The standard InChI is InChI=1S/C21H24N2O4/c1-3-10-25-18-7-5-4-6-16(18)14-23(21(24)15(2)22)17-8-9-19-20(13-17)27-12-11-26-19/h3-9,13,15H,1,10-12,14,22H2,2H3/t15-/m0/s1. The van der Waals surface area contributed by atoms with Crippen LogP contribution >= 0.6 is 0 Å². The molecule has 3 rings (SSSR count). The summed E-state index contributed by atoms with van der Waals surface area (Å²) in [5, 5.41) is 0. The van der Waals surface area contributed by atoms with Gasteiger partial charge in [0.15, 0.2) is 11.5 Å². The lowest BCUT2D eigenvalue weighted by molar-refractivity contribution is -0.119. The number of rotatable bonds is 7. The summed E-state index contributed by atoms with van der Waals surface area (Å²) in [4.78, 5) is 14.5. The summed E-state index contributed by atoms with van der Waals surface area (Å²) >= 11 is 0. The summed E-state index contributed by atoms with van der Waals surface area (Å²) in [5.74, 6) is 1.81.